The molecule has 0 rings (SSSR count). The van der Waals surface area contributed by atoms with Crippen LogP contribution in [0.3, 0.4) is 0 Å². The molecule has 0 heterocycles. The molecule has 0 aliphatic heterocycles. The van der Waals surface area contributed by atoms with Crippen molar-refractivity contribution < 1.29 is 14.4 Å². The second-order valence-corrected chi connectivity index (χ2v) is 3.43. The maximum absolute atomic E-state index is 9.40. The van der Waals surface area contributed by atoms with Crippen LogP contribution in [0.5, 0.6) is 0 Å². The van der Waals surface area contributed by atoms with Gasteiger partial charge in [0.05, 0.1) is 32.1 Å². The van der Waals surface area contributed by atoms with Crippen molar-refractivity contribution in [3.63, 3.8) is 0 Å². The molecular formula is C12H25NO2. The first-order valence-electron chi connectivity index (χ1n) is 5.70. The maximum atomic E-state index is 9.40. The number of allylic oxidation sites excluding steroid dienone is 1. The van der Waals surface area contributed by atoms with Gasteiger partial charge in [-0.1, -0.05) is 6.08 Å². The molecule has 0 bridgehead atoms. The Morgan fingerprint density at radius 3 is 1.40 bits per heavy atom. The van der Waals surface area contributed by atoms with Crippen molar-refractivity contribution in [3.8, 4) is 0 Å². The molecule has 3 heteroatoms. The van der Waals surface area contributed by atoms with Crippen LogP contribution in [0.4, 0.5) is 0 Å². The van der Waals surface area contributed by atoms with E-state index in [2.05, 4.69) is 27.7 Å². The van der Waals surface area contributed by atoms with Crippen LogP contribution in [0, 0.1) is 0 Å². The molecule has 0 N–H and O–H groups in total. The zero-order valence-corrected chi connectivity index (χ0v) is 10.7. The molecule has 0 aromatic carbocycles. The van der Waals surface area contributed by atoms with Crippen LogP contribution in [-0.2, 0) is 4.79 Å². The summed E-state index contributed by atoms with van der Waals surface area (Å²) in [4.78, 5) is 9.40. The molecule has 0 aliphatic rings. The van der Waals surface area contributed by atoms with E-state index in [1.807, 2.05) is 0 Å². The van der Waals surface area contributed by atoms with Crippen molar-refractivity contribution in [2.75, 3.05) is 26.2 Å². The second-order valence-electron chi connectivity index (χ2n) is 3.43. The zero-order valence-electron chi connectivity index (χ0n) is 10.7. The van der Waals surface area contributed by atoms with Crippen LogP contribution < -0.4 is 5.11 Å². The first-order valence-corrected chi connectivity index (χ1v) is 5.70. The predicted molar refractivity (Wildman–Crippen MR) is 62.2 cm³/mol. The highest BCUT2D eigenvalue weighted by Gasteiger charge is 2.16. The molecule has 0 fully saturated rings. The second kappa shape index (κ2) is 9.71. The highest BCUT2D eigenvalue weighted by Crippen LogP contribution is 2.03. The molecule has 0 aliphatic carbocycles. The molecule has 3 nitrogen and oxygen atoms in total. The number of carboxylic acids is 1. The first-order chi connectivity index (χ1) is 7.01. The summed E-state index contributed by atoms with van der Waals surface area (Å²) in [6.45, 7) is 15.8. The molecule has 0 radical (unpaired) electrons. The van der Waals surface area contributed by atoms with Gasteiger partial charge in [-0.3, -0.25) is 0 Å². The van der Waals surface area contributed by atoms with Gasteiger partial charge in [0.2, 0.25) is 0 Å². The molecule has 90 valence electrons. The van der Waals surface area contributed by atoms with Gasteiger partial charge in [0.1, 0.15) is 0 Å². The van der Waals surface area contributed by atoms with Gasteiger partial charge in [-0.05, 0) is 40.7 Å². The number of quaternary nitrogens is 1. The molecule has 0 spiro atoms. The number of carbonyl (C=O) groups excluding carboxylic acids is 1. The lowest BCUT2D eigenvalue weighted by Crippen LogP contribution is -2.47. The van der Waals surface area contributed by atoms with Crippen LogP contribution in [-0.4, -0.2) is 36.6 Å². The molecular weight excluding hydrogens is 190 g/mol. The Morgan fingerprint density at radius 2 is 1.40 bits per heavy atom. The molecule has 0 aromatic heterocycles. The largest absolute Gasteiger partial charge is 0.545 e. The summed E-state index contributed by atoms with van der Waals surface area (Å²) in [6.07, 6.45) is 2.38. The number of aliphatic carboxylic acids is 1. The highest BCUT2D eigenvalue weighted by molar-refractivity contribution is 5.77. The van der Waals surface area contributed by atoms with E-state index in [1.54, 1.807) is 6.92 Å². The van der Waals surface area contributed by atoms with Gasteiger partial charge in [-0.15, -0.1) is 0 Å². The molecule has 0 unspecified atom stereocenters. The van der Waals surface area contributed by atoms with E-state index in [-0.39, 0.29) is 0 Å². The van der Waals surface area contributed by atoms with E-state index >= 15 is 0 Å². The molecule has 0 saturated heterocycles. The third kappa shape index (κ3) is 8.18. The van der Waals surface area contributed by atoms with Crippen LogP contribution in [0.2, 0.25) is 0 Å². The third-order valence-corrected chi connectivity index (χ3v) is 2.99. The highest BCUT2D eigenvalue weighted by atomic mass is 16.4. The smallest absolute Gasteiger partial charge is 0.0757 e. The van der Waals surface area contributed by atoms with Crippen LogP contribution in [0.25, 0.3) is 0 Å². The van der Waals surface area contributed by atoms with E-state index in [9.17, 15) is 9.90 Å². The van der Waals surface area contributed by atoms with E-state index in [0.29, 0.717) is 0 Å². The fourth-order valence-corrected chi connectivity index (χ4v) is 1.48. The lowest BCUT2D eigenvalue weighted by Gasteiger charge is -2.34. The van der Waals surface area contributed by atoms with Crippen molar-refractivity contribution in [2.45, 2.75) is 34.6 Å². The molecule has 15 heavy (non-hydrogen) atoms. The van der Waals surface area contributed by atoms with Gasteiger partial charge in [-0.2, -0.15) is 0 Å². The van der Waals surface area contributed by atoms with E-state index in [0.717, 1.165) is 6.08 Å². The fourth-order valence-electron chi connectivity index (χ4n) is 1.48. The number of nitrogens with zero attached hydrogens (tertiary/aromatic N) is 1. The van der Waals surface area contributed by atoms with Crippen LogP contribution in [0.1, 0.15) is 34.6 Å². The van der Waals surface area contributed by atoms with Gasteiger partial charge in [0.15, 0.2) is 0 Å². The Kier molecular flexibility index (Phi) is 10.7. The monoisotopic (exact) mass is 215 g/mol. The molecule has 0 atom stereocenters. The average molecular weight is 215 g/mol. The Morgan fingerprint density at radius 1 is 1.07 bits per heavy atom. The summed E-state index contributed by atoms with van der Waals surface area (Å²) < 4.78 is 1.28. The van der Waals surface area contributed by atoms with Gasteiger partial charge in [0.25, 0.3) is 0 Å². The summed E-state index contributed by atoms with van der Waals surface area (Å²) in [5.41, 5.74) is 0. The average Bonchev–Trinajstić information content (AvgIpc) is 2.23. The Hall–Kier alpha value is -0.830. The Balaban J connectivity index is 0. The summed E-state index contributed by atoms with van der Waals surface area (Å²) in [5, 5.41) is 9.40. The first kappa shape index (κ1) is 16.6. The number of hydrogen-bond acceptors (Lipinski definition) is 2. The lowest BCUT2D eigenvalue weighted by molar-refractivity contribution is -0.921. The SMILES string of the molecule is C/C=C/C(=O)[O-].CC[N+](CC)(CC)CC. The van der Waals surface area contributed by atoms with Gasteiger partial charge < -0.3 is 14.4 Å². The van der Waals surface area contributed by atoms with E-state index in [4.69, 9.17) is 0 Å². The molecule has 0 saturated carbocycles. The van der Waals surface area contributed by atoms with E-state index < -0.39 is 5.97 Å². The minimum atomic E-state index is -1.14. The van der Waals surface area contributed by atoms with Crippen molar-refractivity contribution in [1.82, 2.24) is 0 Å². The summed E-state index contributed by atoms with van der Waals surface area (Å²) in [5.74, 6) is -1.14. The van der Waals surface area contributed by atoms with Crippen molar-refractivity contribution >= 4 is 5.97 Å². The number of carbonyl (C=O) groups is 1. The lowest BCUT2D eigenvalue weighted by atomic mass is 10.3. The van der Waals surface area contributed by atoms with Crippen LogP contribution >= 0.6 is 0 Å². The number of rotatable bonds is 5. The van der Waals surface area contributed by atoms with Gasteiger partial charge in [0, 0.05) is 0 Å². The maximum Gasteiger partial charge on any atom is 0.0757 e. The third-order valence-electron chi connectivity index (χ3n) is 2.99. The van der Waals surface area contributed by atoms with E-state index in [1.165, 1.54) is 36.7 Å². The summed E-state index contributed by atoms with van der Waals surface area (Å²) >= 11 is 0. The van der Waals surface area contributed by atoms with Gasteiger partial charge >= 0.3 is 0 Å². The minimum absolute atomic E-state index is 0.972. The number of carboxylic acid groups (broad SMARTS) is 1. The van der Waals surface area contributed by atoms with Crippen molar-refractivity contribution in [2.24, 2.45) is 0 Å². The molecule has 0 aromatic rings. The van der Waals surface area contributed by atoms with Crippen LogP contribution in [0.15, 0.2) is 12.2 Å². The predicted octanol–water partition coefficient (Wildman–Crippen LogP) is 1.20. The Labute approximate surface area is 94.0 Å². The topological polar surface area (TPSA) is 40.1 Å². The van der Waals surface area contributed by atoms with Gasteiger partial charge in [-0.25, -0.2) is 0 Å². The molecule has 0 amide bonds. The van der Waals surface area contributed by atoms with Crippen molar-refractivity contribution in [3.05, 3.63) is 12.2 Å². The standard InChI is InChI=1S/C8H20N.C4H6O2/c1-5-9(6-2,7-3)8-4;1-2-3-4(5)6/h5-8H2,1-4H3;2-3H,1H3,(H,5,6)/q+1;/p-1/b;3-2+. The summed E-state index contributed by atoms with van der Waals surface area (Å²) in [6, 6.07) is 0. The van der Waals surface area contributed by atoms with Crippen molar-refractivity contribution in [1.29, 1.82) is 0 Å². The fraction of sp³-hybridized carbons (Fsp3) is 0.750. The zero-order chi connectivity index (χ0) is 12.3. The minimum Gasteiger partial charge on any atom is -0.545 e. The number of hydrogen-bond donors (Lipinski definition) is 0. The summed E-state index contributed by atoms with van der Waals surface area (Å²) in [7, 11) is 0. The normalized spacial score (nSPS) is 11.0. The quantitative estimate of drug-likeness (QED) is 0.510. The Bertz CT molecular complexity index is 167.